The minimum Gasteiger partial charge on any atom is -0.482 e. The number of ether oxygens (including phenoxy) is 1. The molecule has 2 aliphatic rings. The van der Waals surface area contributed by atoms with E-state index in [2.05, 4.69) is 34.6 Å². The summed E-state index contributed by atoms with van der Waals surface area (Å²) in [6, 6.07) is 8.29. The second-order valence-corrected chi connectivity index (χ2v) is 6.20. The van der Waals surface area contributed by atoms with E-state index in [1.807, 2.05) is 17.6 Å². The van der Waals surface area contributed by atoms with Gasteiger partial charge in [0.05, 0.1) is 0 Å². The van der Waals surface area contributed by atoms with Crippen LogP contribution in [0.3, 0.4) is 0 Å². The molecule has 102 valence electrons. The molecule has 0 radical (unpaired) electrons. The van der Waals surface area contributed by atoms with Crippen LogP contribution in [-0.2, 0) is 0 Å². The average molecular weight is 284 g/mol. The number of fused-ring (bicyclic) bond motifs is 1. The summed E-state index contributed by atoms with van der Waals surface area (Å²) in [7, 11) is 0. The highest BCUT2D eigenvalue weighted by molar-refractivity contribution is 7.10. The third kappa shape index (κ3) is 1.96. The highest BCUT2D eigenvalue weighted by atomic mass is 32.1. The van der Waals surface area contributed by atoms with E-state index in [1.165, 1.54) is 5.57 Å². The standard InChI is InChI=1S/C16H16N2OS/c1-2-4-14-12(3-1)13(15-18-9-10-20-15)11-16(19-14)5-7-17-8-6-16/h1-4,9-11,17H,5-8H2. The molecule has 0 atom stereocenters. The average Bonchev–Trinajstić information content (AvgIpc) is 3.01. The highest BCUT2D eigenvalue weighted by Gasteiger charge is 2.37. The van der Waals surface area contributed by atoms with Crippen LogP contribution in [0.25, 0.3) is 5.57 Å². The maximum absolute atomic E-state index is 6.35. The molecule has 0 saturated carbocycles. The van der Waals surface area contributed by atoms with Gasteiger partial charge in [0.2, 0.25) is 0 Å². The molecule has 0 aliphatic carbocycles. The zero-order valence-corrected chi connectivity index (χ0v) is 12.0. The smallest absolute Gasteiger partial charge is 0.131 e. The number of para-hydroxylation sites is 1. The predicted molar refractivity (Wildman–Crippen MR) is 81.1 cm³/mol. The Morgan fingerprint density at radius 2 is 2.05 bits per heavy atom. The Labute approximate surface area is 122 Å². The van der Waals surface area contributed by atoms with Crippen LogP contribution in [0, 0.1) is 0 Å². The van der Waals surface area contributed by atoms with Crippen LogP contribution in [0.2, 0.25) is 0 Å². The number of hydrogen-bond donors (Lipinski definition) is 1. The number of aromatic nitrogens is 1. The van der Waals surface area contributed by atoms with Crippen molar-refractivity contribution < 1.29 is 4.74 Å². The topological polar surface area (TPSA) is 34.1 Å². The van der Waals surface area contributed by atoms with Gasteiger partial charge in [0.1, 0.15) is 16.4 Å². The summed E-state index contributed by atoms with van der Waals surface area (Å²) in [5.74, 6) is 0.988. The summed E-state index contributed by atoms with van der Waals surface area (Å²) in [4.78, 5) is 4.50. The van der Waals surface area contributed by atoms with Crippen molar-refractivity contribution in [2.75, 3.05) is 13.1 Å². The van der Waals surface area contributed by atoms with Crippen LogP contribution in [0.1, 0.15) is 23.4 Å². The van der Waals surface area contributed by atoms with Gasteiger partial charge in [-0.2, -0.15) is 0 Å². The first-order valence-electron chi connectivity index (χ1n) is 6.98. The molecular formula is C16H16N2OS. The van der Waals surface area contributed by atoms with Gasteiger partial charge < -0.3 is 10.1 Å². The molecule has 0 unspecified atom stereocenters. The van der Waals surface area contributed by atoms with E-state index in [-0.39, 0.29) is 5.60 Å². The predicted octanol–water partition coefficient (Wildman–Crippen LogP) is 3.09. The number of rotatable bonds is 1. The van der Waals surface area contributed by atoms with Crippen molar-refractivity contribution in [1.29, 1.82) is 0 Å². The molecule has 20 heavy (non-hydrogen) atoms. The molecular weight excluding hydrogens is 268 g/mol. The van der Waals surface area contributed by atoms with Crippen molar-refractivity contribution in [3.63, 3.8) is 0 Å². The minimum absolute atomic E-state index is 0.166. The van der Waals surface area contributed by atoms with E-state index in [0.717, 1.165) is 42.3 Å². The van der Waals surface area contributed by atoms with Crippen molar-refractivity contribution in [1.82, 2.24) is 10.3 Å². The van der Waals surface area contributed by atoms with Gasteiger partial charge in [0.15, 0.2) is 0 Å². The summed E-state index contributed by atoms with van der Waals surface area (Å²) in [6.45, 7) is 2.01. The van der Waals surface area contributed by atoms with Crippen molar-refractivity contribution in [3.8, 4) is 5.75 Å². The molecule has 4 heteroatoms. The first-order chi connectivity index (χ1) is 9.86. The van der Waals surface area contributed by atoms with Crippen LogP contribution >= 0.6 is 11.3 Å². The number of nitrogens with one attached hydrogen (secondary N) is 1. The molecule has 0 bridgehead atoms. The van der Waals surface area contributed by atoms with Gasteiger partial charge in [-0.25, -0.2) is 4.98 Å². The van der Waals surface area contributed by atoms with Gasteiger partial charge in [0, 0.05) is 35.6 Å². The third-order valence-corrected chi connectivity index (χ3v) is 4.82. The second kappa shape index (κ2) is 4.72. The summed E-state index contributed by atoms with van der Waals surface area (Å²) in [6.07, 6.45) is 6.19. The SMILES string of the molecule is C1=C(c2nccs2)c2ccccc2OC12CCNCC2. The Balaban J connectivity index is 1.86. The fourth-order valence-electron chi connectivity index (χ4n) is 3.00. The van der Waals surface area contributed by atoms with Crippen molar-refractivity contribution in [3.05, 3.63) is 52.5 Å². The fourth-order valence-corrected chi connectivity index (χ4v) is 3.67. The van der Waals surface area contributed by atoms with Crippen LogP contribution < -0.4 is 10.1 Å². The number of hydrogen-bond acceptors (Lipinski definition) is 4. The maximum Gasteiger partial charge on any atom is 0.131 e. The van der Waals surface area contributed by atoms with E-state index in [0.29, 0.717) is 0 Å². The van der Waals surface area contributed by atoms with Gasteiger partial charge in [-0.15, -0.1) is 11.3 Å². The molecule has 3 nitrogen and oxygen atoms in total. The zero-order chi connectivity index (χ0) is 13.4. The Kier molecular flexibility index (Phi) is 2.86. The lowest BCUT2D eigenvalue weighted by Crippen LogP contribution is -2.46. The molecule has 1 fully saturated rings. The lowest BCUT2D eigenvalue weighted by molar-refractivity contribution is 0.0817. The zero-order valence-electron chi connectivity index (χ0n) is 11.1. The largest absolute Gasteiger partial charge is 0.482 e. The third-order valence-electron chi connectivity index (χ3n) is 4.01. The summed E-state index contributed by atoms with van der Waals surface area (Å²) < 4.78 is 6.35. The van der Waals surface area contributed by atoms with Crippen molar-refractivity contribution >= 4 is 16.9 Å². The minimum atomic E-state index is -0.166. The lowest BCUT2D eigenvalue weighted by Gasteiger charge is -2.39. The number of nitrogens with zero attached hydrogens (tertiary/aromatic N) is 1. The van der Waals surface area contributed by atoms with Crippen LogP contribution in [-0.4, -0.2) is 23.7 Å². The van der Waals surface area contributed by atoms with Gasteiger partial charge in [0.25, 0.3) is 0 Å². The molecule has 3 heterocycles. The van der Waals surface area contributed by atoms with E-state index < -0.39 is 0 Å². The van der Waals surface area contributed by atoms with Crippen LogP contribution in [0.4, 0.5) is 0 Å². The first-order valence-corrected chi connectivity index (χ1v) is 7.86. The van der Waals surface area contributed by atoms with E-state index in [9.17, 15) is 0 Å². The Morgan fingerprint density at radius 3 is 2.85 bits per heavy atom. The number of benzene rings is 1. The maximum atomic E-state index is 6.35. The number of thiazole rings is 1. The molecule has 1 spiro atoms. The molecule has 0 amide bonds. The van der Waals surface area contributed by atoms with Crippen molar-refractivity contribution in [2.45, 2.75) is 18.4 Å². The Morgan fingerprint density at radius 1 is 1.20 bits per heavy atom. The summed E-state index contributed by atoms with van der Waals surface area (Å²) in [5.41, 5.74) is 2.22. The fraction of sp³-hybridized carbons (Fsp3) is 0.312. The monoisotopic (exact) mass is 284 g/mol. The first kappa shape index (κ1) is 12.1. The quantitative estimate of drug-likeness (QED) is 0.874. The van der Waals surface area contributed by atoms with Gasteiger partial charge in [-0.3, -0.25) is 0 Å². The van der Waals surface area contributed by atoms with Gasteiger partial charge >= 0.3 is 0 Å². The van der Waals surface area contributed by atoms with E-state index in [4.69, 9.17) is 4.74 Å². The normalized spacial score (nSPS) is 20.1. The Hall–Kier alpha value is -1.65. The summed E-state index contributed by atoms with van der Waals surface area (Å²) in [5, 5.41) is 6.52. The van der Waals surface area contributed by atoms with Gasteiger partial charge in [-0.05, 0) is 25.2 Å². The van der Waals surface area contributed by atoms with E-state index >= 15 is 0 Å². The molecule has 4 rings (SSSR count). The summed E-state index contributed by atoms with van der Waals surface area (Å²) >= 11 is 1.69. The lowest BCUT2D eigenvalue weighted by atomic mass is 9.85. The molecule has 1 aromatic heterocycles. The molecule has 1 N–H and O–H groups in total. The number of piperidine rings is 1. The molecule has 1 aromatic carbocycles. The van der Waals surface area contributed by atoms with Crippen LogP contribution in [0.15, 0.2) is 41.9 Å². The Bertz CT molecular complexity index is 642. The highest BCUT2D eigenvalue weighted by Crippen LogP contribution is 2.42. The van der Waals surface area contributed by atoms with Crippen molar-refractivity contribution in [2.24, 2.45) is 0 Å². The van der Waals surface area contributed by atoms with Gasteiger partial charge in [-0.1, -0.05) is 18.2 Å². The van der Waals surface area contributed by atoms with E-state index in [1.54, 1.807) is 11.3 Å². The second-order valence-electron chi connectivity index (χ2n) is 5.31. The molecule has 1 saturated heterocycles. The molecule has 2 aliphatic heterocycles. The van der Waals surface area contributed by atoms with Crippen LogP contribution in [0.5, 0.6) is 5.75 Å². The molecule has 2 aromatic rings.